The number of alkyl halides is 3. The fraction of sp³-hybridized carbons (Fsp3) is 0.238. The Morgan fingerprint density at radius 1 is 0.970 bits per heavy atom. The van der Waals surface area contributed by atoms with Crippen LogP contribution in [0.2, 0.25) is 0 Å². The van der Waals surface area contributed by atoms with E-state index >= 15 is 0 Å². The molecule has 0 atom stereocenters. The molecule has 3 aromatic rings. The molecule has 0 N–H and O–H groups in total. The van der Waals surface area contributed by atoms with E-state index in [9.17, 15) is 30.8 Å². The van der Waals surface area contributed by atoms with Crippen LogP contribution in [-0.4, -0.2) is 54.7 Å². The Labute approximate surface area is 191 Å². The van der Waals surface area contributed by atoms with Crippen LogP contribution >= 0.6 is 11.3 Å². The summed E-state index contributed by atoms with van der Waals surface area (Å²) in [6, 6.07) is 9.38. The normalized spacial score (nSPS) is 15.6. The third-order valence-electron chi connectivity index (χ3n) is 5.17. The zero-order chi connectivity index (χ0) is 23.8. The average molecular weight is 500 g/mol. The molecule has 0 unspecified atom stereocenters. The van der Waals surface area contributed by atoms with Crippen molar-refractivity contribution < 1.29 is 30.8 Å². The smallest absolute Gasteiger partial charge is 0.335 e. The second-order valence-corrected chi connectivity index (χ2v) is 10.0. The number of thiazole rings is 1. The molecule has 2 heterocycles. The molecule has 2 aromatic carbocycles. The molecule has 1 aliphatic heterocycles. The van der Waals surface area contributed by atoms with Crippen LogP contribution in [0.25, 0.3) is 10.6 Å². The van der Waals surface area contributed by atoms with Gasteiger partial charge in [-0.05, 0) is 36.4 Å². The number of halogens is 4. The van der Waals surface area contributed by atoms with Crippen molar-refractivity contribution in [1.82, 2.24) is 14.2 Å². The van der Waals surface area contributed by atoms with Crippen LogP contribution < -0.4 is 0 Å². The number of benzene rings is 2. The van der Waals surface area contributed by atoms with E-state index in [0.29, 0.717) is 5.01 Å². The van der Waals surface area contributed by atoms with Gasteiger partial charge < -0.3 is 4.90 Å². The summed E-state index contributed by atoms with van der Waals surface area (Å²) < 4.78 is 78.8. The Morgan fingerprint density at radius 2 is 1.61 bits per heavy atom. The first-order chi connectivity index (χ1) is 15.6. The molecule has 0 radical (unpaired) electrons. The van der Waals surface area contributed by atoms with Gasteiger partial charge in [0, 0.05) is 37.1 Å². The molecule has 1 saturated heterocycles. The van der Waals surface area contributed by atoms with Crippen molar-refractivity contribution in [1.29, 1.82) is 0 Å². The highest BCUT2D eigenvalue weighted by Crippen LogP contribution is 2.30. The van der Waals surface area contributed by atoms with E-state index in [1.165, 1.54) is 16.3 Å². The van der Waals surface area contributed by atoms with Gasteiger partial charge in [0.15, 0.2) is 0 Å². The largest absolute Gasteiger partial charge is 0.416 e. The lowest BCUT2D eigenvalue weighted by Crippen LogP contribution is -2.50. The van der Waals surface area contributed by atoms with Crippen molar-refractivity contribution in [3.8, 4) is 10.6 Å². The van der Waals surface area contributed by atoms with Gasteiger partial charge in [-0.1, -0.05) is 12.1 Å². The van der Waals surface area contributed by atoms with Crippen molar-refractivity contribution in [3.05, 3.63) is 71.0 Å². The van der Waals surface area contributed by atoms with E-state index in [4.69, 9.17) is 0 Å². The lowest BCUT2D eigenvalue weighted by Gasteiger charge is -2.33. The molecule has 1 fully saturated rings. The van der Waals surface area contributed by atoms with Crippen LogP contribution in [0.5, 0.6) is 0 Å². The number of aromatic nitrogens is 1. The Bertz CT molecular complexity index is 1270. The van der Waals surface area contributed by atoms with Gasteiger partial charge in [0.1, 0.15) is 16.5 Å². The second kappa shape index (κ2) is 8.84. The highest BCUT2D eigenvalue weighted by molar-refractivity contribution is 7.89. The minimum Gasteiger partial charge on any atom is -0.335 e. The first-order valence-corrected chi connectivity index (χ1v) is 12.1. The molecule has 1 aromatic heterocycles. The van der Waals surface area contributed by atoms with Gasteiger partial charge in [-0.3, -0.25) is 4.79 Å². The van der Waals surface area contributed by atoms with E-state index in [-0.39, 0.29) is 42.3 Å². The topological polar surface area (TPSA) is 70.6 Å². The van der Waals surface area contributed by atoms with E-state index in [2.05, 4.69) is 4.98 Å². The van der Waals surface area contributed by atoms with Gasteiger partial charge in [-0.2, -0.15) is 17.5 Å². The highest BCUT2D eigenvalue weighted by atomic mass is 32.2. The molecule has 6 nitrogen and oxygen atoms in total. The van der Waals surface area contributed by atoms with Crippen LogP contribution in [0.3, 0.4) is 0 Å². The number of hydrogen-bond donors (Lipinski definition) is 0. The van der Waals surface area contributed by atoms with Crippen LogP contribution in [-0.2, 0) is 16.2 Å². The summed E-state index contributed by atoms with van der Waals surface area (Å²) in [5.41, 5.74) is -0.513. The van der Waals surface area contributed by atoms with Crippen LogP contribution in [0, 0.1) is 5.82 Å². The minimum absolute atomic E-state index is 0.0145. The molecule has 4 rings (SSSR count). The van der Waals surface area contributed by atoms with Crippen LogP contribution in [0.1, 0.15) is 16.1 Å². The number of hydrogen-bond acceptors (Lipinski definition) is 5. The molecule has 174 valence electrons. The van der Waals surface area contributed by atoms with Crippen molar-refractivity contribution in [3.63, 3.8) is 0 Å². The zero-order valence-corrected chi connectivity index (χ0v) is 18.6. The van der Waals surface area contributed by atoms with E-state index in [1.807, 2.05) is 0 Å². The zero-order valence-electron chi connectivity index (χ0n) is 16.9. The maximum atomic E-state index is 14.0. The van der Waals surface area contributed by atoms with Gasteiger partial charge in [-0.25, -0.2) is 17.8 Å². The van der Waals surface area contributed by atoms with Crippen molar-refractivity contribution >= 4 is 27.3 Å². The third-order valence-corrected chi connectivity index (χ3v) is 7.96. The summed E-state index contributed by atoms with van der Waals surface area (Å²) in [5.74, 6) is -0.853. The molecule has 0 saturated carbocycles. The maximum Gasteiger partial charge on any atom is 0.416 e. The minimum atomic E-state index is -4.56. The first kappa shape index (κ1) is 23.3. The Morgan fingerprint density at radius 3 is 2.21 bits per heavy atom. The fourth-order valence-electron chi connectivity index (χ4n) is 3.39. The molecule has 33 heavy (non-hydrogen) atoms. The van der Waals surface area contributed by atoms with Crippen molar-refractivity contribution in [2.45, 2.75) is 11.1 Å². The first-order valence-electron chi connectivity index (χ1n) is 9.74. The third kappa shape index (κ3) is 4.77. The quantitative estimate of drug-likeness (QED) is 0.507. The molecular formula is C21H17F4N3O3S2. The van der Waals surface area contributed by atoms with E-state index in [1.54, 1.807) is 18.2 Å². The molecule has 1 aliphatic rings. The Hall–Kier alpha value is -2.83. The summed E-state index contributed by atoms with van der Waals surface area (Å²) in [6.45, 7) is 0.148. The molecule has 12 heteroatoms. The van der Waals surface area contributed by atoms with Gasteiger partial charge in [0.05, 0.1) is 10.5 Å². The Balaban J connectivity index is 1.42. The number of piperazine rings is 1. The molecule has 1 amide bonds. The summed E-state index contributed by atoms with van der Waals surface area (Å²) in [7, 11) is -4.00. The number of carbonyl (C=O) groups excluding carboxylic acids is 1. The summed E-state index contributed by atoms with van der Waals surface area (Å²) >= 11 is 1.13. The van der Waals surface area contributed by atoms with Gasteiger partial charge in [0.25, 0.3) is 5.91 Å². The van der Waals surface area contributed by atoms with E-state index < -0.39 is 33.5 Å². The lowest BCUT2D eigenvalue weighted by atomic mass is 10.2. The molecular weight excluding hydrogens is 482 g/mol. The summed E-state index contributed by atoms with van der Waals surface area (Å²) in [6.07, 6.45) is -4.56. The SMILES string of the molecule is O=C(c1csc(-c2ccccc2F)n1)N1CCN(S(=O)(=O)c2ccc(C(F)(F)F)cc2)CC1. The van der Waals surface area contributed by atoms with Gasteiger partial charge in [0.2, 0.25) is 10.0 Å². The number of nitrogens with zero attached hydrogens (tertiary/aromatic N) is 3. The van der Waals surface area contributed by atoms with Gasteiger partial charge >= 0.3 is 6.18 Å². The van der Waals surface area contributed by atoms with Crippen LogP contribution in [0.4, 0.5) is 17.6 Å². The number of carbonyl (C=O) groups is 1. The summed E-state index contributed by atoms with van der Waals surface area (Å²) in [4.78, 5) is 18.2. The maximum absolute atomic E-state index is 14.0. The number of rotatable bonds is 4. The monoisotopic (exact) mass is 499 g/mol. The Kier molecular flexibility index (Phi) is 6.25. The standard InChI is InChI=1S/C21H17F4N3O3S2/c22-17-4-2-1-3-16(17)19-26-18(13-32-19)20(29)27-9-11-28(12-10-27)33(30,31)15-7-5-14(6-8-15)21(23,24)25/h1-8,13H,9-12H2. The van der Waals surface area contributed by atoms with Crippen molar-refractivity contribution in [2.24, 2.45) is 0 Å². The summed E-state index contributed by atoms with van der Waals surface area (Å²) in [5, 5.41) is 1.88. The number of amides is 1. The van der Waals surface area contributed by atoms with Gasteiger partial charge in [-0.15, -0.1) is 11.3 Å². The van der Waals surface area contributed by atoms with Crippen molar-refractivity contribution in [2.75, 3.05) is 26.2 Å². The van der Waals surface area contributed by atoms with E-state index in [0.717, 1.165) is 39.9 Å². The average Bonchev–Trinajstić information content (AvgIpc) is 3.28. The fourth-order valence-corrected chi connectivity index (χ4v) is 5.63. The van der Waals surface area contributed by atoms with Crippen LogP contribution in [0.15, 0.2) is 58.8 Å². The molecule has 0 aliphatic carbocycles. The highest BCUT2D eigenvalue weighted by Gasteiger charge is 2.33. The molecule has 0 spiro atoms. The predicted molar refractivity (Wildman–Crippen MR) is 114 cm³/mol. The number of sulfonamides is 1. The second-order valence-electron chi connectivity index (χ2n) is 7.24. The molecule has 0 bridgehead atoms. The lowest BCUT2D eigenvalue weighted by molar-refractivity contribution is -0.137. The predicted octanol–water partition coefficient (Wildman–Crippen LogP) is 4.11.